The van der Waals surface area contributed by atoms with E-state index in [0.717, 1.165) is 6.07 Å². The van der Waals surface area contributed by atoms with E-state index in [-0.39, 0.29) is 5.56 Å². The second-order valence-electron chi connectivity index (χ2n) is 4.97. The van der Waals surface area contributed by atoms with Crippen LogP contribution in [0, 0.1) is 10.1 Å². The molecule has 1 saturated heterocycles. The summed E-state index contributed by atoms with van der Waals surface area (Å²) in [4.78, 5) is 41.2. The molecule has 1 aliphatic heterocycles. The number of aromatic amines is 1. The summed E-state index contributed by atoms with van der Waals surface area (Å²) in [6, 6.07) is 0.793. The van der Waals surface area contributed by atoms with Gasteiger partial charge in [-0.2, -0.15) is 0 Å². The molecule has 0 aliphatic carbocycles. The highest BCUT2D eigenvalue weighted by molar-refractivity contribution is 7.46. The Bertz CT molecular complexity index is 745. The lowest BCUT2D eigenvalue weighted by Crippen LogP contribution is -2.33. The van der Waals surface area contributed by atoms with E-state index in [0.29, 0.717) is 0 Å². The molecule has 1 aromatic rings. The van der Waals surface area contributed by atoms with Crippen molar-refractivity contribution >= 4 is 19.3 Å². The number of nitrogens with zero attached hydrogens (tertiary/aromatic N) is 1. The number of nitrogen functional groups attached to an aromatic ring is 1. The van der Waals surface area contributed by atoms with Crippen molar-refractivity contribution in [3.05, 3.63) is 32.1 Å². The smallest absolute Gasteiger partial charge is 0.387 e. The average molecular weight is 367 g/mol. The highest BCUT2D eigenvalue weighted by atomic mass is 31.2. The molecule has 0 amide bonds. The second-order valence-corrected chi connectivity index (χ2v) is 6.21. The van der Waals surface area contributed by atoms with Crippen LogP contribution in [0.5, 0.6) is 0 Å². The van der Waals surface area contributed by atoms with Crippen molar-refractivity contribution in [3.63, 3.8) is 0 Å². The maximum atomic E-state index is 11.9. The van der Waals surface area contributed by atoms with Crippen molar-refractivity contribution in [2.24, 2.45) is 0 Å². The first-order valence-electron chi connectivity index (χ1n) is 6.40. The van der Waals surface area contributed by atoms with Gasteiger partial charge in [0, 0.05) is 6.07 Å². The fourth-order valence-electron chi connectivity index (χ4n) is 2.23. The zero-order chi connectivity index (χ0) is 18.2. The Hall–Kier alpha value is -1.86. The quantitative estimate of drug-likeness (QED) is 0.192. The molecule has 1 aliphatic rings. The van der Waals surface area contributed by atoms with Gasteiger partial charge in [0.15, 0.2) is 5.82 Å². The molecule has 0 saturated carbocycles. The highest BCUT2D eigenvalue weighted by Gasteiger charge is 2.45. The van der Waals surface area contributed by atoms with Gasteiger partial charge in [-0.05, 0) is 0 Å². The predicted octanol–water partition coefficient (Wildman–Crippen LogP) is -1.86. The van der Waals surface area contributed by atoms with Gasteiger partial charge in [0.1, 0.15) is 24.4 Å². The molecule has 0 radical (unpaired) electrons. The Labute approximate surface area is 133 Å². The molecule has 0 bridgehead atoms. The van der Waals surface area contributed by atoms with Crippen LogP contribution < -0.4 is 11.3 Å². The molecule has 2 rings (SSSR count). The van der Waals surface area contributed by atoms with Crippen molar-refractivity contribution in [2.45, 2.75) is 24.4 Å². The molecule has 2 heterocycles. The number of aromatic nitrogens is 1. The number of nitro groups is 1. The SMILES string of the molecule is Nc1[nH]c(=O)c([C@@H]2O[C@H](COP(=O)(O)O)[C@@H](O)[C@H]2O)cc1[N+](=O)[O-]. The fourth-order valence-corrected chi connectivity index (χ4v) is 2.57. The van der Waals surface area contributed by atoms with Crippen LogP contribution in [0.1, 0.15) is 11.7 Å². The first kappa shape index (κ1) is 18.5. The Kier molecular flexibility index (Phi) is 5.05. The van der Waals surface area contributed by atoms with Crippen molar-refractivity contribution in [1.29, 1.82) is 0 Å². The summed E-state index contributed by atoms with van der Waals surface area (Å²) in [6.45, 7) is -0.770. The Morgan fingerprint density at radius 3 is 2.58 bits per heavy atom. The number of hydrogen-bond donors (Lipinski definition) is 6. The summed E-state index contributed by atoms with van der Waals surface area (Å²) in [7, 11) is -4.84. The summed E-state index contributed by atoms with van der Waals surface area (Å²) in [6.07, 6.45) is -6.17. The Morgan fingerprint density at radius 2 is 2.04 bits per heavy atom. The number of nitrogens with two attached hydrogens (primary N) is 1. The summed E-state index contributed by atoms with van der Waals surface area (Å²) < 4.78 is 20.0. The number of phosphoric acid groups is 1. The van der Waals surface area contributed by atoms with E-state index in [2.05, 4.69) is 4.52 Å². The number of pyridine rings is 1. The molecule has 0 aromatic carbocycles. The zero-order valence-electron chi connectivity index (χ0n) is 11.8. The zero-order valence-corrected chi connectivity index (χ0v) is 12.7. The van der Waals surface area contributed by atoms with E-state index in [9.17, 15) is 29.7 Å². The third-order valence-electron chi connectivity index (χ3n) is 3.35. The van der Waals surface area contributed by atoms with Crippen LogP contribution in [0.2, 0.25) is 0 Å². The lowest BCUT2D eigenvalue weighted by Gasteiger charge is -2.14. The monoisotopic (exact) mass is 367 g/mol. The van der Waals surface area contributed by atoms with Crippen molar-refractivity contribution in [2.75, 3.05) is 12.3 Å². The van der Waals surface area contributed by atoms with Crippen molar-refractivity contribution in [1.82, 2.24) is 4.98 Å². The summed E-state index contributed by atoms with van der Waals surface area (Å²) in [5, 5.41) is 30.7. The number of H-pyrrole nitrogens is 1. The maximum absolute atomic E-state index is 11.9. The number of hydrogen-bond acceptors (Lipinski definition) is 9. The summed E-state index contributed by atoms with van der Waals surface area (Å²) >= 11 is 0. The second kappa shape index (κ2) is 6.57. The van der Waals surface area contributed by atoms with Gasteiger partial charge in [0.05, 0.1) is 17.1 Å². The Balaban J connectivity index is 2.30. The number of ether oxygens (including phenoxy) is 1. The first-order valence-corrected chi connectivity index (χ1v) is 7.93. The summed E-state index contributed by atoms with van der Waals surface area (Å²) in [5.41, 5.74) is 3.43. The molecular formula is C10H14N3O10P. The number of aliphatic hydroxyl groups excluding tert-OH is 2. The third-order valence-corrected chi connectivity index (χ3v) is 3.84. The molecular weight excluding hydrogens is 353 g/mol. The average Bonchev–Trinajstić information content (AvgIpc) is 2.72. The van der Waals surface area contributed by atoms with Crippen LogP contribution in [0.25, 0.3) is 0 Å². The standard InChI is InChI=1S/C10H14N3O10P/c11-9-4(13(17)18)1-3(10(16)12-9)8-7(15)6(14)5(23-8)2-22-24(19,20)21/h1,5-8,14-15H,2H2,(H3,11,12,16)(H2,19,20,21)/t5-,6-,7-,8+/m1/s1. The molecule has 134 valence electrons. The number of anilines is 1. The molecule has 1 fully saturated rings. The van der Waals surface area contributed by atoms with Crippen LogP contribution in [0.4, 0.5) is 11.5 Å². The molecule has 0 spiro atoms. The van der Waals surface area contributed by atoms with Gasteiger partial charge >= 0.3 is 13.5 Å². The molecule has 13 nitrogen and oxygen atoms in total. The first-order chi connectivity index (χ1) is 11.0. The summed E-state index contributed by atoms with van der Waals surface area (Å²) in [5.74, 6) is -0.497. The number of rotatable bonds is 5. The van der Waals surface area contributed by atoms with Crippen LogP contribution >= 0.6 is 7.82 Å². The maximum Gasteiger partial charge on any atom is 0.469 e. The fraction of sp³-hybridized carbons (Fsp3) is 0.500. The molecule has 14 heteroatoms. The van der Waals surface area contributed by atoms with Crippen molar-refractivity contribution in [3.8, 4) is 0 Å². The van der Waals surface area contributed by atoms with E-state index in [1.54, 1.807) is 0 Å². The highest BCUT2D eigenvalue weighted by Crippen LogP contribution is 2.39. The van der Waals surface area contributed by atoms with Gasteiger partial charge in [0.2, 0.25) is 0 Å². The normalized spacial score (nSPS) is 27.3. The Morgan fingerprint density at radius 1 is 1.42 bits per heavy atom. The lowest BCUT2D eigenvalue weighted by molar-refractivity contribution is -0.384. The minimum Gasteiger partial charge on any atom is -0.387 e. The number of phosphoric ester groups is 1. The predicted molar refractivity (Wildman–Crippen MR) is 75.8 cm³/mol. The molecule has 4 atom stereocenters. The number of nitrogens with one attached hydrogen (secondary N) is 1. The van der Waals surface area contributed by atoms with Gasteiger partial charge in [-0.25, -0.2) is 4.57 Å². The number of aliphatic hydroxyl groups is 2. The van der Waals surface area contributed by atoms with Crippen molar-refractivity contribution < 1.29 is 38.7 Å². The molecule has 1 aromatic heterocycles. The molecule has 24 heavy (non-hydrogen) atoms. The molecule has 7 N–H and O–H groups in total. The lowest BCUT2D eigenvalue weighted by atomic mass is 10.0. The van der Waals surface area contributed by atoms with Crippen LogP contribution in [-0.4, -0.2) is 54.8 Å². The minimum absolute atomic E-state index is 0.374. The molecule has 0 unspecified atom stereocenters. The van der Waals surface area contributed by atoms with Crippen LogP contribution in [0.15, 0.2) is 10.9 Å². The third kappa shape index (κ3) is 3.79. The minimum atomic E-state index is -4.84. The van der Waals surface area contributed by atoms with Gasteiger partial charge in [-0.1, -0.05) is 0 Å². The topological polar surface area (TPSA) is 218 Å². The van der Waals surface area contributed by atoms with E-state index in [4.69, 9.17) is 20.3 Å². The van der Waals surface area contributed by atoms with E-state index < -0.39 is 60.8 Å². The van der Waals surface area contributed by atoms with E-state index in [1.807, 2.05) is 4.98 Å². The van der Waals surface area contributed by atoms with Gasteiger partial charge in [-0.3, -0.25) is 19.4 Å². The van der Waals surface area contributed by atoms with E-state index in [1.165, 1.54) is 0 Å². The van der Waals surface area contributed by atoms with Gasteiger partial charge in [-0.15, -0.1) is 0 Å². The van der Waals surface area contributed by atoms with Gasteiger partial charge in [0.25, 0.3) is 5.56 Å². The van der Waals surface area contributed by atoms with Gasteiger partial charge < -0.3 is 35.5 Å². The largest absolute Gasteiger partial charge is 0.469 e. The van der Waals surface area contributed by atoms with E-state index >= 15 is 0 Å². The van der Waals surface area contributed by atoms with Crippen LogP contribution in [0.3, 0.4) is 0 Å². The van der Waals surface area contributed by atoms with Crippen LogP contribution in [-0.2, 0) is 13.8 Å².